The second kappa shape index (κ2) is 9.93. The van der Waals surface area contributed by atoms with Crippen LogP contribution >= 0.6 is 0 Å². The van der Waals surface area contributed by atoms with Gasteiger partial charge in [0.15, 0.2) is 0 Å². The van der Waals surface area contributed by atoms with E-state index in [1.165, 1.54) is 17.5 Å². The van der Waals surface area contributed by atoms with Crippen molar-refractivity contribution >= 4 is 18.4 Å². The molecule has 144 valence electrons. The number of ether oxygens (including phenoxy) is 1. The SMILES string of the molecule is [CH3][Sn]([CH3])([CH3])/[CH]=C/[C@@H]1C[C@H](CCc2ccccc2)O[C@@H]1CCc1ccccc1. The summed E-state index contributed by atoms with van der Waals surface area (Å²) >= 11 is -1.89. The van der Waals surface area contributed by atoms with Gasteiger partial charge in [0.1, 0.15) is 0 Å². The molecule has 3 atom stereocenters. The van der Waals surface area contributed by atoms with Crippen molar-refractivity contribution in [2.45, 2.75) is 59.1 Å². The predicted octanol–water partition coefficient (Wildman–Crippen LogP) is 6.46. The third-order valence-corrected chi connectivity index (χ3v) is 8.78. The summed E-state index contributed by atoms with van der Waals surface area (Å²) in [5, 5.41) is 0. The van der Waals surface area contributed by atoms with E-state index < -0.39 is 18.4 Å². The van der Waals surface area contributed by atoms with Crippen molar-refractivity contribution in [1.82, 2.24) is 0 Å². The van der Waals surface area contributed by atoms with Crippen LogP contribution in [-0.2, 0) is 17.6 Å². The molecule has 27 heavy (non-hydrogen) atoms. The summed E-state index contributed by atoms with van der Waals surface area (Å²) in [6.45, 7) is 0. The Balaban J connectivity index is 1.60. The van der Waals surface area contributed by atoms with Crippen LogP contribution in [0, 0.1) is 5.92 Å². The van der Waals surface area contributed by atoms with Gasteiger partial charge in [-0.25, -0.2) is 0 Å². The van der Waals surface area contributed by atoms with Gasteiger partial charge in [-0.3, -0.25) is 0 Å². The van der Waals surface area contributed by atoms with Gasteiger partial charge < -0.3 is 0 Å². The van der Waals surface area contributed by atoms with E-state index in [1.807, 2.05) is 0 Å². The number of rotatable bonds is 8. The Kier molecular flexibility index (Phi) is 7.60. The maximum atomic E-state index is 6.55. The molecule has 0 aliphatic carbocycles. The number of hydrogen-bond acceptors (Lipinski definition) is 1. The van der Waals surface area contributed by atoms with Gasteiger partial charge in [-0.1, -0.05) is 0 Å². The van der Waals surface area contributed by atoms with Crippen LogP contribution in [0.1, 0.15) is 30.4 Å². The van der Waals surface area contributed by atoms with Gasteiger partial charge in [-0.15, -0.1) is 0 Å². The van der Waals surface area contributed by atoms with E-state index in [2.05, 4.69) is 85.7 Å². The standard InChI is InChI=1S/C22H25O.3CH3.Sn/c1-2-20-17-21(15-13-18-9-5-3-6-10-18)23-22(20)16-14-19-11-7-4-8-12-19;;;;/h1-12,20-22H,13-17H2;3*1H3;/t20-,21+,22-;;;;/m1..../s1. The molecule has 0 aromatic heterocycles. The zero-order chi connectivity index (χ0) is 19.1. The molecular weight excluding hydrogens is 435 g/mol. The van der Waals surface area contributed by atoms with Crippen molar-refractivity contribution in [3.05, 3.63) is 82.0 Å². The molecule has 2 aromatic rings. The van der Waals surface area contributed by atoms with E-state index in [4.69, 9.17) is 4.74 Å². The Hall–Kier alpha value is -1.06. The van der Waals surface area contributed by atoms with Crippen LogP contribution in [0.5, 0.6) is 0 Å². The normalized spacial score (nSPS) is 23.1. The second-order valence-electron chi connectivity index (χ2n) is 8.97. The van der Waals surface area contributed by atoms with E-state index >= 15 is 0 Å². The minimum absolute atomic E-state index is 0.371. The van der Waals surface area contributed by atoms with Gasteiger partial charge in [-0.05, 0) is 0 Å². The van der Waals surface area contributed by atoms with Crippen molar-refractivity contribution < 1.29 is 4.74 Å². The van der Waals surface area contributed by atoms with Crippen LogP contribution < -0.4 is 0 Å². The fourth-order valence-corrected chi connectivity index (χ4v) is 6.22. The molecule has 1 heterocycles. The van der Waals surface area contributed by atoms with Crippen LogP contribution in [0.25, 0.3) is 0 Å². The average molecular weight is 469 g/mol. The molecular formula is C25H34OSn. The summed E-state index contributed by atoms with van der Waals surface area (Å²) in [4.78, 5) is 7.44. The van der Waals surface area contributed by atoms with Crippen LogP contribution in [0.3, 0.4) is 0 Å². The van der Waals surface area contributed by atoms with Crippen LogP contribution in [0.4, 0.5) is 0 Å². The number of hydrogen-bond donors (Lipinski definition) is 0. The third-order valence-electron chi connectivity index (χ3n) is 5.38. The van der Waals surface area contributed by atoms with Gasteiger partial charge in [0.05, 0.1) is 0 Å². The molecule has 0 unspecified atom stereocenters. The monoisotopic (exact) mass is 470 g/mol. The van der Waals surface area contributed by atoms with E-state index in [1.54, 1.807) is 0 Å². The second-order valence-corrected chi connectivity index (χ2v) is 23.4. The van der Waals surface area contributed by atoms with Crippen molar-refractivity contribution in [2.75, 3.05) is 0 Å². The van der Waals surface area contributed by atoms with E-state index in [0.29, 0.717) is 18.1 Å². The molecule has 2 heteroatoms. The number of benzene rings is 2. The Morgan fingerprint density at radius 1 is 0.852 bits per heavy atom. The molecule has 1 nitrogen and oxygen atoms in total. The van der Waals surface area contributed by atoms with Gasteiger partial charge in [-0.2, -0.15) is 0 Å². The van der Waals surface area contributed by atoms with E-state index in [-0.39, 0.29) is 0 Å². The van der Waals surface area contributed by atoms with Gasteiger partial charge in [0.2, 0.25) is 0 Å². The Morgan fingerprint density at radius 2 is 1.41 bits per heavy atom. The zero-order valence-electron chi connectivity index (χ0n) is 17.1. The molecule has 0 amide bonds. The van der Waals surface area contributed by atoms with Gasteiger partial charge in [0, 0.05) is 0 Å². The quantitative estimate of drug-likeness (QED) is 0.404. The molecule has 0 radical (unpaired) electrons. The van der Waals surface area contributed by atoms with Crippen molar-refractivity contribution in [3.8, 4) is 0 Å². The molecule has 1 aliphatic rings. The summed E-state index contributed by atoms with van der Waals surface area (Å²) in [7, 11) is 0. The molecule has 0 saturated carbocycles. The summed E-state index contributed by atoms with van der Waals surface area (Å²) in [6.07, 6.45) is 8.96. The summed E-state index contributed by atoms with van der Waals surface area (Å²) < 4.78 is 9.14. The molecule has 0 N–H and O–H groups in total. The first kappa shape index (κ1) is 20.7. The van der Waals surface area contributed by atoms with Crippen LogP contribution in [0.2, 0.25) is 14.8 Å². The Morgan fingerprint density at radius 3 is 1.96 bits per heavy atom. The zero-order valence-corrected chi connectivity index (χ0v) is 20.0. The molecule has 2 aromatic carbocycles. The fourth-order valence-electron chi connectivity index (χ4n) is 3.87. The molecule has 3 rings (SSSR count). The Bertz CT molecular complexity index is 702. The summed E-state index contributed by atoms with van der Waals surface area (Å²) in [5.41, 5.74) is 2.85. The average Bonchev–Trinajstić information content (AvgIpc) is 3.06. The Labute approximate surface area is 169 Å². The third kappa shape index (κ3) is 7.12. The van der Waals surface area contributed by atoms with Crippen molar-refractivity contribution in [1.29, 1.82) is 0 Å². The van der Waals surface area contributed by atoms with Crippen molar-refractivity contribution in [2.24, 2.45) is 5.92 Å². The van der Waals surface area contributed by atoms with E-state index in [0.717, 1.165) is 25.7 Å². The van der Waals surface area contributed by atoms with Crippen LogP contribution in [-0.4, -0.2) is 30.6 Å². The molecule has 1 saturated heterocycles. The molecule has 1 aliphatic heterocycles. The molecule has 0 bridgehead atoms. The first-order valence-electron chi connectivity index (χ1n) is 10.4. The predicted molar refractivity (Wildman–Crippen MR) is 119 cm³/mol. The number of aryl methyl sites for hydroxylation is 2. The first-order valence-corrected chi connectivity index (χ1v) is 20.6. The maximum absolute atomic E-state index is 6.55. The molecule has 0 spiro atoms. The van der Waals surface area contributed by atoms with Gasteiger partial charge >= 0.3 is 170 Å². The fraction of sp³-hybridized carbons (Fsp3) is 0.440. The van der Waals surface area contributed by atoms with Gasteiger partial charge in [0.25, 0.3) is 0 Å². The first-order chi connectivity index (χ1) is 13.0. The molecule has 1 fully saturated rings. The summed E-state index contributed by atoms with van der Waals surface area (Å²) in [6, 6.07) is 21.7. The van der Waals surface area contributed by atoms with Crippen LogP contribution in [0.15, 0.2) is 70.8 Å². The van der Waals surface area contributed by atoms with E-state index in [9.17, 15) is 0 Å². The topological polar surface area (TPSA) is 9.23 Å². The minimum atomic E-state index is -1.89. The summed E-state index contributed by atoms with van der Waals surface area (Å²) in [5.74, 6) is 0.588. The van der Waals surface area contributed by atoms with Crippen molar-refractivity contribution in [3.63, 3.8) is 0 Å².